The Morgan fingerprint density at radius 2 is 0.675 bits per heavy atom. The molecule has 0 unspecified atom stereocenters. The lowest BCUT2D eigenvalue weighted by molar-refractivity contribution is -0.120. The van der Waals surface area contributed by atoms with E-state index in [0.717, 1.165) is 122 Å². The van der Waals surface area contributed by atoms with Gasteiger partial charge in [0.2, 0.25) is 0 Å². The fraction of sp³-hybridized carbons (Fsp3) is 0.957. The minimum atomic E-state index is -0.192. The molecule has 0 saturated carbocycles. The number of nitrogens with zero attached hydrogens (tertiary/aromatic N) is 1. The summed E-state index contributed by atoms with van der Waals surface area (Å²) in [7, 11) is 1.74. The Hall–Kier alpha value is -1.41. The second kappa shape index (κ2) is 44.2. The van der Waals surface area contributed by atoms with Crippen molar-refractivity contribution in [3.63, 3.8) is 0 Å². The van der Waals surface area contributed by atoms with E-state index >= 15 is 0 Å². The first-order chi connectivity index (χ1) is 32.5. The highest BCUT2D eigenvalue weighted by Gasteiger charge is 2.26. The number of hydrogen-bond acceptors (Lipinski definition) is 6. The molecule has 0 atom stereocenters. The van der Waals surface area contributed by atoms with E-state index in [-0.39, 0.29) is 48.3 Å². The summed E-state index contributed by atoms with van der Waals surface area (Å²) < 4.78 is 16.5. The average molecular weight is 1100 g/mol. The van der Waals surface area contributed by atoms with Crippen molar-refractivity contribution in [3.05, 3.63) is 0 Å². The number of hydrogen-bond donors (Lipinski definition) is 0. The van der Waals surface area contributed by atoms with Gasteiger partial charge in [-0.05, 0) is 152 Å². The van der Waals surface area contributed by atoms with Crippen LogP contribution in [-0.2, 0) is 23.6 Å². The molecule has 0 aromatic heterocycles. The van der Waals surface area contributed by atoms with Gasteiger partial charge in [0.15, 0.2) is 0 Å². The average Bonchev–Trinajstić information content (AvgIpc) is 3.14. The molecule has 470 valence electrons. The van der Waals surface area contributed by atoms with Crippen LogP contribution in [0.3, 0.4) is 0 Å². The predicted molar refractivity (Wildman–Crippen MR) is 351 cm³/mol. The highest BCUT2D eigenvalue weighted by atomic mass is 16.6. The van der Waals surface area contributed by atoms with E-state index in [1.165, 1.54) is 32.1 Å². The molecule has 0 aliphatic heterocycles. The number of ether oxygens (including phenoxy) is 1. The summed E-state index contributed by atoms with van der Waals surface area (Å²) in [5.74, 6) is 0.918. The zero-order chi connectivity index (χ0) is 58.2. The van der Waals surface area contributed by atoms with Gasteiger partial charge in [0, 0.05) is 52.5 Å². The minimum Gasteiger partial charge on any atom is -0.449 e. The molecule has 0 heterocycles. The van der Waals surface area contributed by atoms with Gasteiger partial charge in [0.05, 0.1) is 6.61 Å². The number of carbonyl (C=O) groups excluding carboxylic acids is 3. The molecule has 7 nitrogen and oxygen atoms in total. The largest absolute Gasteiger partial charge is 0.453 e. The second-order valence-corrected chi connectivity index (χ2v) is 32.6. The maximum Gasteiger partial charge on any atom is 0.453 e. The Labute approximate surface area is 489 Å². The third-order valence-corrected chi connectivity index (χ3v) is 12.4. The molecule has 0 aromatic rings. The van der Waals surface area contributed by atoms with Crippen molar-refractivity contribution in [1.82, 2.24) is 4.90 Å². The molecule has 0 fully saturated rings. The van der Waals surface area contributed by atoms with Crippen molar-refractivity contribution in [3.8, 4) is 0 Å². The summed E-state index contributed by atoms with van der Waals surface area (Å²) in [5, 5.41) is 0. The van der Waals surface area contributed by atoms with Crippen LogP contribution in [0, 0.1) is 48.7 Å². The Morgan fingerprint density at radius 3 is 1.06 bits per heavy atom. The third kappa shape index (κ3) is 86.0. The van der Waals surface area contributed by atoms with Crippen LogP contribution in [0.5, 0.6) is 0 Å². The van der Waals surface area contributed by atoms with Crippen LogP contribution < -0.4 is 0 Å². The summed E-state index contributed by atoms with van der Waals surface area (Å²) in [6.07, 6.45) is 21.9. The van der Waals surface area contributed by atoms with Gasteiger partial charge in [-0.15, -0.1) is 0 Å². The van der Waals surface area contributed by atoms with Crippen LogP contribution in [0.4, 0.5) is 4.79 Å². The number of Topliss-reactive ketones (excluding diaryl/α,β-unsaturated/α-hetero) is 2. The second-order valence-electron chi connectivity index (χ2n) is 32.6. The van der Waals surface area contributed by atoms with Gasteiger partial charge in [-0.2, -0.15) is 0 Å². The molecule has 0 spiro atoms. The van der Waals surface area contributed by atoms with Crippen molar-refractivity contribution >= 4 is 24.8 Å². The first kappa shape index (κ1) is 92.1. The molecule has 0 saturated heterocycles. The molecule has 0 aliphatic rings. The van der Waals surface area contributed by atoms with E-state index < -0.39 is 0 Å². The van der Waals surface area contributed by atoms with Crippen molar-refractivity contribution in [2.45, 2.75) is 351 Å². The lowest BCUT2D eigenvalue weighted by Gasteiger charge is -2.32. The summed E-state index contributed by atoms with van der Waals surface area (Å²) >= 11 is 0. The van der Waals surface area contributed by atoms with E-state index in [2.05, 4.69) is 180 Å². The van der Waals surface area contributed by atoms with Crippen molar-refractivity contribution in [1.29, 1.82) is 0 Å². The van der Waals surface area contributed by atoms with E-state index in [4.69, 9.17) is 14.0 Å². The quantitative estimate of drug-likeness (QED) is 0.0573. The van der Waals surface area contributed by atoms with Crippen LogP contribution in [0.15, 0.2) is 0 Å². The SMILES string of the molecule is C.C.C.C.CB(OCCCC(C)(C)C)OCCC(C)(C)C.CC(C)(C)CCCC(=O)CCC(C)(C)CC(C)(C)C.CC(C)(C)CCCCCC(=O)CCCC(C)(C)C.CN(CCCC(C)(C)C)C(=O)OCCCC(C)(C)C. The standard InChI is InChI=1S/C18H36O.C17H34O.C16H33NO2.C14H31BO2.4CH4/c1-16(2,3)12-9-10-15(19)11-13-18(7,8)14-17(4,5)6;1-16(2,3)13-9-7-8-11-15(18)12-10-14-17(4,5)6;1-15(2,3)10-8-12-17(7)14(18)19-13-9-11-16(4,5)6;1-13(2,3)9-8-11-16-15(7)17-12-10-14(4,5)6;;;;/h9-14H2,1-8H3;7-14H2,1-6H3;8-13H2,1-7H3;8-12H2,1-7H3;4*1H4. The highest BCUT2D eigenvalue weighted by Crippen LogP contribution is 2.37. The molecule has 8 heteroatoms. The van der Waals surface area contributed by atoms with E-state index in [1.807, 2.05) is 13.9 Å². The highest BCUT2D eigenvalue weighted by molar-refractivity contribution is 6.42. The van der Waals surface area contributed by atoms with E-state index in [9.17, 15) is 14.4 Å². The maximum absolute atomic E-state index is 11.9. The normalized spacial score (nSPS) is 12.3. The molecular formula is C69H150BNO6. The molecule has 0 aromatic carbocycles. The van der Waals surface area contributed by atoms with Gasteiger partial charge in [-0.1, -0.05) is 223 Å². The Bertz CT molecular complexity index is 1380. The molecule has 0 bridgehead atoms. The fourth-order valence-electron chi connectivity index (χ4n) is 8.28. The molecule has 1 amide bonds. The first-order valence-corrected chi connectivity index (χ1v) is 29.7. The minimum absolute atomic E-state index is 0. The number of amides is 1. The molecule has 0 radical (unpaired) electrons. The smallest absolute Gasteiger partial charge is 0.449 e. The number of carbonyl (C=O) groups is 3. The van der Waals surface area contributed by atoms with Crippen LogP contribution >= 0.6 is 0 Å². The molecule has 0 rings (SSSR count). The Kier molecular flexibility index (Phi) is 52.9. The zero-order valence-corrected chi connectivity index (χ0v) is 55.2. The molecule has 0 aliphatic carbocycles. The lowest BCUT2D eigenvalue weighted by Crippen LogP contribution is -2.29. The number of unbranched alkanes of at least 4 members (excludes halogenated alkanes) is 2. The predicted octanol–water partition coefficient (Wildman–Crippen LogP) is 23.4. The van der Waals surface area contributed by atoms with Gasteiger partial charge >= 0.3 is 13.2 Å². The molecule has 0 N–H and O–H groups in total. The number of rotatable bonds is 28. The molecule has 77 heavy (non-hydrogen) atoms. The zero-order valence-electron chi connectivity index (χ0n) is 55.2. The van der Waals surface area contributed by atoms with E-state index in [0.29, 0.717) is 61.5 Å². The van der Waals surface area contributed by atoms with Crippen molar-refractivity contribution < 1.29 is 28.4 Å². The first-order valence-electron chi connectivity index (χ1n) is 29.7. The monoisotopic (exact) mass is 1100 g/mol. The van der Waals surface area contributed by atoms with Crippen LogP contribution in [-0.4, -0.2) is 63.1 Å². The van der Waals surface area contributed by atoms with E-state index in [1.54, 1.807) is 4.90 Å². The summed E-state index contributed by atoms with van der Waals surface area (Å²) in [4.78, 5) is 37.0. The molecular weight excluding hydrogens is 950 g/mol. The van der Waals surface area contributed by atoms with Crippen molar-refractivity contribution in [2.24, 2.45) is 48.7 Å². The third-order valence-electron chi connectivity index (χ3n) is 12.4. The van der Waals surface area contributed by atoms with Gasteiger partial charge in [0.25, 0.3) is 0 Å². The van der Waals surface area contributed by atoms with Crippen LogP contribution in [0.1, 0.15) is 345 Å². The summed E-state index contributed by atoms with van der Waals surface area (Å²) in [6.45, 7) is 63.3. The fourth-order valence-corrected chi connectivity index (χ4v) is 8.28. The van der Waals surface area contributed by atoms with Gasteiger partial charge in [-0.3, -0.25) is 9.59 Å². The topological polar surface area (TPSA) is 82.1 Å². The van der Waals surface area contributed by atoms with Gasteiger partial charge in [0.1, 0.15) is 11.6 Å². The Balaban J connectivity index is -0.000000135. The van der Waals surface area contributed by atoms with Crippen LogP contribution in [0.25, 0.3) is 0 Å². The summed E-state index contributed by atoms with van der Waals surface area (Å²) in [6, 6.07) is 0. The van der Waals surface area contributed by atoms with Gasteiger partial charge in [-0.25, -0.2) is 4.79 Å². The number of ketones is 2. The Morgan fingerprint density at radius 1 is 0.351 bits per heavy atom. The van der Waals surface area contributed by atoms with Gasteiger partial charge < -0.3 is 18.9 Å². The summed E-state index contributed by atoms with van der Waals surface area (Å²) in [5.41, 5.74) is 3.17. The van der Waals surface area contributed by atoms with Crippen molar-refractivity contribution in [2.75, 3.05) is 33.4 Å². The lowest BCUT2D eigenvalue weighted by atomic mass is 9.73. The maximum atomic E-state index is 11.9. The van der Waals surface area contributed by atoms with Crippen LogP contribution in [0.2, 0.25) is 6.82 Å².